The predicted molar refractivity (Wildman–Crippen MR) is 72.7 cm³/mol. The summed E-state index contributed by atoms with van der Waals surface area (Å²) in [5.74, 6) is -2.62. The summed E-state index contributed by atoms with van der Waals surface area (Å²) in [7, 11) is 0. The van der Waals surface area contributed by atoms with Gasteiger partial charge in [0.15, 0.2) is 11.6 Å². The molecule has 5 heteroatoms. The van der Waals surface area contributed by atoms with E-state index in [0.29, 0.717) is 6.42 Å². The van der Waals surface area contributed by atoms with Gasteiger partial charge >= 0.3 is 0 Å². The molecule has 0 aromatic heterocycles. The van der Waals surface area contributed by atoms with Gasteiger partial charge in [0.2, 0.25) is 0 Å². The highest BCUT2D eigenvalue weighted by Crippen LogP contribution is 2.31. The third-order valence-electron chi connectivity index (χ3n) is 3.67. The molecule has 3 rings (SSSR count). The zero-order valence-corrected chi connectivity index (χ0v) is 11.0. The number of nitrogens with one attached hydrogen (secondary N) is 1. The molecule has 1 aliphatic carbocycles. The maximum absolute atomic E-state index is 13.2. The molecule has 0 bridgehead atoms. The first-order chi connectivity index (χ1) is 10.1. The predicted octanol–water partition coefficient (Wildman–Crippen LogP) is 2.35. The second-order valence-electron chi connectivity index (χ2n) is 5.05. The molecule has 2 aromatic carbocycles. The van der Waals surface area contributed by atoms with Crippen LogP contribution in [0.4, 0.5) is 8.78 Å². The molecule has 0 aliphatic heterocycles. The standard InChI is InChI=1S/C16H13F2NO2/c17-12-6-5-10(7-13(12)18)16(21)19-15-11-4-2-1-3-9(11)8-14(15)20/h1-7,14-15,20H,8H2,(H,19,21)/t14-,15+/m0/s1. The van der Waals surface area contributed by atoms with Crippen LogP contribution in [0.5, 0.6) is 0 Å². The summed E-state index contributed by atoms with van der Waals surface area (Å²) in [4.78, 5) is 12.1. The van der Waals surface area contributed by atoms with Gasteiger partial charge in [0.25, 0.3) is 5.91 Å². The molecule has 1 aliphatic rings. The summed E-state index contributed by atoms with van der Waals surface area (Å²) in [6, 6.07) is 9.84. The minimum absolute atomic E-state index is 0.0190. The summed E-state index contributed by atoms with van der Waals surface area (Å²) in [5, 5.41) is 12.7. The number of benzene rings is 2. The highest BCUT2D eigenvalue weighted by atomic mass is 19.2. The number of aliphatic hydroxyl groups excluding tert-OH is 1. The van der Waals surface area contributed by atoms with Gasteiger partial charge in [-0.25, -0.2) is 8.78 Å². The molecule has 0 saturated carbocycles. The molecule has 0 spiro atoms. The molecule has 0 unspecified atom stereocenters. The molecular formula is C16H13F2NO2. The fourth-order valence-corrected chi connectivity index (χ4v) is 2.61. The Morgan fingerprint density at radius 1 is 1.14 bits per heavy atom. The number of aliphatic hydroxyl groups is 1. The van der Waals surface area contributed by atoms with Crippen LogP contribution >= 0.6 is 0 Å². The fourth-order valence-electron chi connectivity index (χ4n) is 2.61. The molecule has 0 radical (unpaired) electrons. The lowest BCUT2D eigenvalue weighted by atomic mass is 10.1. The van der Waals surface area contributed by atoms with Gasteiger partial charge in [0.1, 0.15) is 0 Å². The Labute approximate surface area is 120 Å². The van der Waals surface area contributed by atoms with Crippen LogP contribution in [0.1, 0.15) is 27.5 Å². The summed E-state index contributed by atoms with van der Waals surface area (Å²) in [5.41, 5.74) is 1.84. The van der Waals surface area contributed by atoms with E-state index >= 15 is 0 Å². The third-order valence-corrected chi connectivity index (χ3v) is 3.67. The lowest BCUT2D eigenvalue weighted by Crippen LogP contribution is -2.33. The highest BCUT2D eigenvalue weighted by molar-refractivity contribution is 5.94. The maximum atomic E-state index is 13.2. The van der Waals surface area contributed by atoms with E-state index in [4.69, 9.17) is 0 Å². The van der Waals surface area contributed by atoms with Crippen molar-refractivity contribution in [2.45, 2.75) is 18.6 Å². The second kappa shape index (κ2) is 5.26. The van der Waals surface area contributed by atoms with E-state index in [2.05, 4.69) is 5.32 Å². The Morgan fingerprint density at radius 3 is 2.67 bits per heavy atom. The normalized spacial score (nSPS) is 20.1. The first-order valence-electron chi connectivity index (χ1n) is 6.58. The van der Waals surface area contributed by atoms with Crippen molar-refractivity contribution in [2.24, 2.45) is 0 Å². The van der Waals surface area contributed by atoms with Crippen LogP contribution < -0.4 is 5.32 Å². The minimum Gasteiger partial charge on any atom is -0.390 e. The Morgan fingerprint density at radius 2 is 1.90 bits per heavy atom. The summed E-state index contributed by atoms with van der Waals surface area (Å²) >= 11 is 0. The van der Waals surface area contributed by atoms with E-state index in [9.17, 15) is 18.7 Å². The lowest BCUT2D eigenvalue weighted by Gasteiger charge is -2.18. The van der Waals surface area contributed by atoms with Gasteiger partial charge in [0.05, 0.1) is 12.1 Å². The molecule has 0 saturated heterocycles. The molecule has 1 amide bonds. The third kappa shape index (κ3) is 2.52. The molecule has 21 heavy (non-hydrogen) atoms. The quantitative estimate of drug-likeness (QED) is 0.891. The van der Waals surface area contributed by atoms with E-state index in [-0.39, 0.29) is 5.56 Å². The van der Waals surface area contributed by atoms with Gasteiger partial charge in [0, 0.05) is 12.0 Å². The van der Waals surface area contributed by atoms with Crippen LogP contribution in [0, 0.1) is 11.6 Å². The number of fused-ring (bicyclic) bond motifs is 1. The summed E-state index contributed by atoms with van der Waals surface area (Å²) in [6.07, 6.45) is -0.268. The van der Waals surface area contributed by atoms with Crippen molar-refractivity contribution >= 4 is 5.91 Å². The van der Waals surface area contributed by atoms with Crippen molar-refractivity contribution in [3.8, 4) is 0 Å². The van der Waals surface area contributed by atoms with Crippen molar-refractivity contribution in [3.05, 3.63) is 70.8 Å². The Balaban J connectivity index is 1.83. The van der Waals surface area contributed by atoms with E-state index < -0.39 is 29.7 Å². The van der Waals surface area contributed by atoms with Gasteiger partial charge in [-0.05, 0) is 29.3 Å². The van der Waals surface area contributed by atoms with E-state index in [0.717, 1.165) is 23.3 Å². The van der Waals surface area contributed by atoms with E-state index in [1.165, 1.54) is 6.07 Å². The molecule has 2 atom stereocenters. The number of carbonyl (C=O) groups is 1. The monoisotopic (exact) mass is 289 g/mol. The number of halogens is 2. The van der Waals surface area contributed by atoms with Crippen LogP contribution in [0.15, 0.2) is 42.5 Å². The van der Waals surface area contributed by atoms with E-state index in [1.807, 2.05) is 24.3 Å². The summed E-state index contributed by atoms with van der Waals surface area (Å²) in [6.45, 7) is 0. The lowest BCUT2D eigenvalue weighted by molar-refractivity contribution is 0.0857. The number of rotatable bonds is 2. The largest absolute Gasteiger partial charge is 0.390 e. The average molecular weight is 289 g/mol. The fraction of sp³-hybridized carbons (Fsp3) is 0.188. The second-order valence-corrected chi connectivity index (χ2v) is 5.05. The highest BCUT2D eigenvalue weighted by Gasteiger charge is 2.32. The zero-order valence-electron chi connectivity index (χ0n) is 11.0. The van der Waals surface area contributed by atoms with Crippen molar-refractivity contribution in [2.75, 3.05) is 0 Å². The Hall–Kier alpha value is -2.27. The molecule has 108 valence electrons. The average Bonchev–Trinajstić information content (AvgIpc) is 2.78. The minimum atomic E-state index is -1.07. The van der Waals surface area contributed by atoms with Gasteiger partial charge in [-0.3, -0.25) is 4.79 Å². The molecule has 2 aromatic rings. The van der Waals surface area contributed by atoms with Crippen LogP contribution in [0.3, 0.4) is 0 Å². The summed E-state index contributed by atoms with van der Waals surface area (Å²) < 4.78 is 26.0. The van der Waals surface area contributed by atoms with Crippen LogP contribution in [0.2, 0.25) is 0 Å². The van der Waals surface area contributed by atoms with Gasteiger partial charge < -0.3 is 10.4 Å². The molecular weight excluding hydrogens is 276 g/mol. The molecule has 2 N–H and O–H groups in total. The topological polar surface area (TPSA) is 49.3 Å². The molecule has 0 fully saturated rings. The maximum Gasteiger partial charge on any atom is 0.251 e. The van der Waals surface area contributed by atoms with Gasteiger partial charge in [-0.15, -0.1) is 0 Å². The van der Waals surface area contributed by atoms with Gasteiger partial charge in [-0.2, -0.15) is 0 Å². The first-order valence-corrected chi connectivity index (χ1v) is 6.58. The first kappa shape index (κ1) is 13.7. The van der Waals surface area contributed by atoms with Crippen molar-refractivity contribution in [1.82, 2.24) is 5.32 Å². The van der Waals surface area contributed by atoms with Crippen LogP contribution in [0.25, 0.3) is 0 Å². The van der Waals surface area contributed by atoms with Crippen LogP contribution in [-0.2, 0) is 6.42 Å². The molecule has 3 nitrogen and oxygen atoms in total. The van der Waals surface area contributed by atoms with Crippen molar-refractivity contribution in [1.29, 1.82) is 0 Å². The Bertz CT molecular complexity index is 702. The SMILES string of the molecule is O=C(N[C@@H]1c2ccccc2C[C@@H]1O)c1ccc(F)c(F)c1. The van der Waals surface area contributed by atoms with Gasteiger partial charge in [-0.1, -0.05) is 24.3 Å². The number of amides is 1. The zero-order chi connectivity index (χ0) is 15.0. The number of hydrogen-bond acceptors (Lipinski definition) is 2. The number of hydrogen-bond donors (Lipinski definition) is 2. The Kier molecular flexibility index (Phi) is 3.43. The van der Waals surface area contributed by atoms with Crippen molar-refractivity contribution in [3.63, 3.8) is 0 Å². The number of carbonyl (C=O) groups excluding carboxylic acids is 1. The molecule has 0 heterocycles. The van der Waals surface area contributed by atoms with Crippen LogP contribution in [-0.4, -0.2) is 17.1 Å². The smallest absolute Gasteiger partial charge is 0.251 e. The van der Waals surface area contributed by atoms with E-state index in [1.54, 1.807) is 0 Å². The van der Waals surface area contributed by atoms with Crippen molar-refractivity contribution < 1.29 is 18.7 Å².